The topological polar surface area (TPSA) is 142 Å². The predicted molar refractivity (Wildman–Crippen MR) is 157 cm³/mol. The Labute approximate surface area is 253 Å². The SMILES string of the molecule is CC(C)(C)Oc1cc(C(=O)CC(=O)O)ccc1C1=N[C@@H](c2ccoc2)[C@@H](c2ccc(Cl)cc2)N1C(=O)N1CCNC(=O)C1. The van der Waals surface area contributed by atoms with E-state index in [1.54, 1.807) is 35.4 Å². The van der Waals surface area contributed by atoms with Crippen molar-refractivity contribution in [3.8, 4) is 5.75 Å². The summed E-state index contributed by atoms with van der Waals surface area (Å²) in [5, 5.41) is 12.4. The van der Waals surface area contributed by atoms with Crippen LogP contribution in [0.2, 0.25) is 5.02 Å². The minimum atomic E-state index is -1.25. The molecule has 1 aromatic heterocycles. The van der Waals surface area contributed by atoms with Gasteiger partial charge in [0.1, 0.15) is 36.2 Å². The maximum atomic E-state index is 14.4. The molecule has 2 atom stereocenters. The Balaban J connectivity index is 1.69. The van der Waals surface area contributed by atoms with E-state index < -0.39 is 41.9 Å². The number of halogens is 1. The van der Waals surface area contributed by atoms with E-state index in [0.29, 0.717) is 23.7 Å². The number of hydrogen-bond acceptors (Lipinski definition) is 7. The first kappa shape index (κ1) is 29.8. The predicted octanol–water partition coefficient (Wildman–Crippen LogP) is 4.86. The van der Waals surface area contributed by atoms with E-state index in [9.17, 15) is 24.3 Å². The molecule has 12 heteroatoms. The summed E-state index contributed by atoms with van der Waals surface area (Å²) in [7, 11) is 0. The summed E-state index contributed by atoms with van der Waals surface area (Å²) in [4.78, 5) is 58.7. The van der Waals surface area contributed by atoms with Gasteiger partial charge in [0.05, 0.1) is 24.1 Å². The van der Waals surface area contributed by atoms with Gasteiger partial charge < -0.3 is 24.5 Å². The largest absolute Gasteiger partial charge is 0.487 e. The summed E-state index contributed by atoms with van der Waals surface area (Å²) in [5.74, 6) is -1.60. The normalized spacial score (nSPS) is 18.7. The molecular formula is C31H31ClN4O7. The minimum Gasteiger partial charge on any atom is -0.487 e. The molecule has 3 amide bonds. The first-order chi connectivity index (χ1) is 20.4. The number of urea groups is 1. The van der Waals surface area contributed by atoms with Crippen LogP contribution in [0.4, 0.5) is 4.79 Å². The van der Waals surface area contributed by atoms with Crippen LogP contribution in [0.1, 0.15) is 66.3 Å². The molecule has 43 heavy (non-hydrogen) atoms. The lowest BCUT2D eigenvalue weighted by atomic mass is 9.95. The lowest BCUT2D eigenvalue weighted by Crippen LogP contribution is -2.55. The Bertz CT molecular complexity index is 1580. The van der Waals surface area contributed by atoms with Crippen LogP contribution in [0.15, 0.2) is 70.5 Å². The Hall–Kier alpha value is -4.64. The van der Waals surface area contributed by atoms with E-state index in [-0.39, 0.29) is 29.6 Å². The van der Waals surface area contributed by atoms with Crippen LogP contribution >= 0.6 is 11.6 Å². The molecule has 11 nitrogen and oxygen atoms in total. The van der Waals surface area contributed by atoms with E-state index in [1.165, 1.54) is 23.3 Å². The third-order valence-electron chi connectivity index (χ3n) is 6.95. The van der Waals surface area contributed by atoms with Crippen LogP contribution in [0.25, 0.3) is 0 Å². The van der Waals surface area contributed by atoms with Gasteiger partial charge in [0.25, 0.3) is 0 Å². The van der Waals surface area contributed by atoms with Crippen LogP contribution < -0.4 is 10.1 Å². The quantitative estimate of drug-likeness (QED) is 0.289. The summed E-state index contributed by atoms with van der Waals surface area (Å²) >= 11 is 6.21. The number of nitrogens with zero attached hydrogens (tertiary/aromatic N) is 3. The molecule has 2 aliphatic heterocycles. The van der Waals surface area contributed by atoms with Crippen molar-refractivity contribution in [1.82, 2.24) is 15.1 Å². The molecule has 224 valence electrons. The highest BCUT2D eigenvalue weighted by atomic mass is 35.5. The Morgan fingerprint density at radius 1 is 1.12 bits per heavy atom. The number of hydrogen-bond donors (Lipinski definition) is 2. The highest BCUT2D eigenvalue weighted by molar-refractivity contribution is 6.30. The summed E-state index contributed by atoms with van der Waals surface area (Å²) in [6.07, 6.45) is 2.41. The second-order valence-electron chi connectivity index (χ2n) is 11.3. The van der Waals surface area contributed by atoms with Crippen LogP contribution in [-0.4, -0.2) is 69.7 Å². The molecule has 1 saturated heterocycles. The lowest BCUT2D eigenvalue weighted by Gasteiger charge is -2.36. The number of benzene rings is 2. The van der Waals surface area contributed by atoms with E-state index in [2.05, 4.69) is 5.32 Å². The van der Waals surface area contributed by atoms with Gasteiger partial charge in [-0.25, -0.2) is 4.79 Å². The van der Waals surface area contributed by atoms with Crippen molar-refractivity contribution in [1.29, 1.82) is 0 Å². The number of piperazine rings is 1. The average molecular weight is 607 g/mol. The molecule has 2 aliphatic rings. The molecule has 3 aromatic rings. The van der Waals surface area contributed by atoms with E-state index in [0.717, 1.165) is 11.1 Å². The smallest absolute Gasteiger partial charge is 0.326 e. The average Bonchev–Trinajstić information content (AvgIpc) is 3.60. The number of amidine groups is 1. The standard InChI is InChI=1S/C31H31ClN4O7/c1-31(2,3)43-24-14-19(23(37)15-26(39)40)6-9-22(24)29-34-27(20-10-13-42-17-20)28(18-4-7-21(32)8-5-18)36(29)30(41)35-12-11-33-25(38)16-35/h4-10,13-14,17,27-28H,11-12,15-16H2,1-3H3,(H,33,38)(H,39,40)/t27-,28+/m0/s1. The van der Waals surface area contributed by atoms with E-state index in [1.807, 2.05) is 32.9 Å². The lowest BCUT2D eigenvalue weighted by molar-refractivity contribution is -0.136. The molecule has 1 fully saturated rings. The molecule has 0 saturated carbocycles. The molecule has 5 rings (SSSR count). The number of furan rings is 1. The third-order valence-corrected chi connectivity index (χ3v) is 7.20. The van der Waals surface area contributed by atoms with Crippen molar-refractivity contribution < 1.29 is 33.4 Å². The first-order valence-corrected chi connectivity index (χ1v) is 14.1. The van der Waals surface area contributed by atoms with Gasteiger partial charge in [-0.15, -0.1) is 0 Å². The molecule has 0 bridgehead atoms. The third kappa shape index (κ3) is 6.56. The Kier molecular flexibility index (Phi) is 8.27. The summed E-state index contributed by atoms with van der Waals surface area (Å²) < 4.78 is 11.7. The van der Waals surface area contributed by atoms with E-state index >= 15 is 0 Å². The van der Waals surface area contributed by atoms with Crippen molar-refractivity contribution in [2.24, 2.45) is 4.99 Å². The van der Waals surface area contributed by atoms with Gasteiger partial charge in [0.15, 0.2) is 5.78 Å². The number of ether oxygens (including phenoxy) is 1. The van der Waals surface area contributed by atoms with Gasteiger partial charge in [-0.05, 0) is 56.7 Å². The number of Topliss-reactive ketones (excluding diaryl/α,β-unsaturated/α-hetero) is 1. The molecule has 0 radical (unpaired) electrons. The number of carboxylic acids is 1. The Morgan fingerprint density at radius 3 is 2.49 bits per heavy atom. The van der Waals surface area contributed by atoms with Crippen molar-refractivity contribution in [2.75, 3.05) is 19.6 Å². The number of carboxylic acid groups (broad SMARTS) is 1. The van der Waals surface area contributed by atoms with Crippen molar-refractivity contribution in [2.45, 2.75) is 44.9 Å². The number of aliphatic carboxylic acids is 1. The Morgan fingerprint density at radius 2 is 1.86 bits per heavy atom. The fourth-order valence-corrected chi connectivity index (χ4v) is 5.25. The molecule has 2 aromatic carbocycles. The zero-order chi connectivity index (χ0) is 30.9. The van der Waals surface area contributed by atoms with E-state index in [4.69, 9.17) is 25.7 Å². The second kappa shape index (κ2) is 11.9. The van der Waals surface area contributed by atoms with Gasteiger partial charge in [-0.1, -0.05) is 29.8 Å². The zero-order valence-corrected chi connectivity index (χ0v) is 24.6. The van der Waals surface area contributed by atoms with Crippen LogP contribution in [-0.2, 0) is 9.59 Å². The number of ketones is 1. The van der Waals surface area contributed by atoms with Gasteiger partial charge in [-0.3, -0.25) is 24.3 Å². The number of carbonyl (C=O) groups is 4. The molecule has 0 spiro atoms. The number of carbonyl (C=O) groups excluding carboxylic acids is 3. The molecule has 2 N–H and O–H groups in total. The summed E-state index contributed by atoms with van der Waals surface area (Å²) in [5.41, 5.74) is 1.31. The van der Waals surface area contributed by atoms with Crippen molar-refractivity contribution in [3.63, 3.8) is 0 Å². The van der Waals surface area contributed by atoms with Crippen molar-refractivity contribution in [3.05, 3.63) is 88.3 Å². The maximum Gasteiger partial charge on any atom is 0.326 e. The summed E-state index contributed by atoms with van der Waals surface area (Å²) in [6.45, 7) is 5.98. The number of nitrogens with one attached hydrogen (secondary N) is 1. The highest BCUT2D eigenvalue weighted by Gasteiger charge is 2.45. The second-order valence-corrected chi connectivity index (χ2v) is 11.7. The maximum absolute atomic E-state index is 14.4. The number of rotatable bonds is 7. The molecule has 0 aliphatic carbocycles. The van der Waals surface area contributed by atoms with Gasteiger partial charge >= 0.3 is 12.0 Å². The fourth-order valence-electron chi connectivity index (χ4n) is 5.13. The van der Waals surface area contributed by atoms with Gasteiger partial charge in [-0.2, -0.15) is 0 Å². The molecule has 3 heterocycles. The summed E-state index contributed by atoms with van der Waals surface area (Å²) in [6, 6.07) is 11.8. The fraction of sp³-hybridized carbons (Fsp3) is 0.323. The monoisotopic (exact) mass is 606 g/mol. The zero-order valence-electron chi connectivity index (χ0n) is 23.9. The van der Waals surface area contributed by atoms with Crippen LogP contribution in [0.5, 0.6) is 5.75 Å². The molecule has 0 unspecified atom stereocenters. The minimum absolute atomic E-state index is 0.125. The number of aliphatic imine (C=N–C) groups is 1. The number of amides is 3. The van der Waals surface area contributed by atoms with Crippen LogP contribution in [0, 0.1) is 0 Å². The van der Waals surface area contributed by atoms with Gasteiger partial charge in [0, 0.05) is 29.2 Å². The molecular weight excluding hydrogens is 576 g/mol. The van der Waals surface area contributed by atoms with Gasteiger partial charge in [0.2, 0.25) is 5.91 Å². The van der Waals surface area contributed by atoms with Crippen LogP contribution in [0.3, 0.4) is 0 Å². The highest BCUT2D eigenvalue weighted by Crippen LogP contribution is 2.45. The first-order valence-electron chi connectivity index (χ1n) is 13.7. The van der Waals surface area contributed by atoms with Crippen molar-refractivity contribution >= 4 is 41.1 Å².